The minimum Gasteiger partial charge on any atom is -0.268 e. The zero-order valence-corrected chi connectivity index (χ0v) is 14.7. The zero-order chi connectivity index (χ0) is 16.7. The third-order valence-electron chi connectivity index (χ3n) is 3.93. The molecule has 3 rings (SSSR count). The first-order chi connectivity index (χ1) is 10.9. The Morgan fingerprint density at radius 3 is 2.57 bits per heavy atom. The van der Waals surface area contributed by atoms with E-state index in [1.54, 1.807) is 17.6 Å². The van der Waals surface area contributed by atoms with E-state index >= 15 is 0 Å². The lowest BCUT2D eigenvalue weighted by Crippen LogP contribution is -2.24. The van der Waals surface area contributed by atoms with E-state index in [1.807, 2.05) is 32.0 Å². The molecule has 5 heteroatoms. The fourth-order valence-corrected chi connectivity index (χ4v) is 2.88. The summed E-state index contributed by atoms with van der Waals surface area (Å²) in [5.74, 6) is 0.274. The highest BCUT2D eigenvalue weighted by atomic mass is 79.9. The Kier molecular flexibility index (Phi) is 4.06. The van der Waals surface area contributed by atoms with Crippen molar-refractivity contribution in [2.24, 2.45) is 0 Å². The van der Waals surface area contributed by atoms with Crippen LogP contribution < -0.4 is 5.56 Å². The summed E-state index contributed by atoms with van der Waals surface area (Å²) in [5.41, 5.74) is 2.48. The Labute approximate surface area is 141 Å². The molecular weight excluding hydrogens is 359 g/mol. The third-order valence-corrected chi connectivity index (χ3v) is 4.82. The molecular formula is C18H16BrFN2O. The smallest absolute Gasteiger partial charge is 0.265 e. The molecule has 0 aliphatic heterocycles. The minimum absolute atomic E-state index is 0.170. The van der Waals surface area contributed by atoms with Gasteiger partial charge < -0.3 is 0 Å². The van der Waals surface area contributed by atoms with Crippen molar-refractivity contribution in [3.8, 4) is 5.69 Å². The number of hydrogen-bond donors (Lipinski definition) is 0. The molecule has 0 saturated carbocycles. The van der Waals surface area contributed by atoms with Crippen molar-refractivity contribution in [1.82, 2.24) is 9.55 Å². The van der Waals surface area contributed by atoms with Gasteiger partial charge in [-0.15, -0.1) is 0 Å². The number of nitrogens with zero attached hydrogens (tertiary/aromatic N) is 2. The van der Waals surface area contributed by atoms with Gasteiger partial charge in [-0.1, -0.05) is 22.9 Å². The molecule has 0 fully saturated rings. The highest BCUT2D eigenvalue weighted by Crippen LogP contribution is 2.21. The molecule has 0 unspecified atom stereocenters. The predicted molar refractivity (Wildman–Crippen MR) is 93.9 cm³/mol. The molecule has 0 N–H and O–H groups in total. The summed E-state index contributed by atoms with van der Waals surface area (Å²) in [5, 5.41) is 0.432. The molecule has 1 heterocycles. The van der Waals surface area contributed by atoms with Crippen molar-refractivity contribution in [2.75, 3.05) is 0 Å². The van der Waals surface area contributed by atoms with E-state index in [0.29, 0.717) is 28.7 Å². The second-order valence-corrected chi connectivity index (χ2v) is 6.43. The van der Waals surface area contributed by atoms with Crippen LogP contribution in [0.25, 0.3) is 16.6 Å². The quantitative estimate of drug-likeness (QED) is 0.663. The molecule has 0 atom stereocenters. The normalized spacial score (nSPS) is 11.2. The summed E-state index contributed by atoms with van der Waals surface area (Å²) in [7, 11) is 0. The Hall–Kier alpha value is -2.01. The maximum atomic E-state index is 13.8. The first-order valence-electron chi connectivity index (χ1n) is 7.40. The van der Waals surface area contributed by atoms with E-state index in [9.17, 15) is 9.18 Å². The maximum absolute atomic E-state index is 13.8. The largest absolute Gasteiger partial charge is 0.268 e. The molecule has 118 valence electrons. The highest BCUT2D eigenvalue weighted by Gasteiger charge is 2.14. The van der Waals surface area contributed by atoms with Crippen LogP contribution in [-0.2, 0) is 6.42 Å². The van der Waals surface area contributed by atoms with Crippen LogP contribution in [-0.4, -0.2) is 9.55 Å². The van der Waals surface area contributed by atoms with Crippen LogP contribution in [0.4, 0.5) is 4.39 Å². The molecule has 0 bridgehead atoms. The molecule has 3 aromatic rings. The highest BCUT2D eigenvalue weighted by molar-refractivity contribution is 9.10. The van der Waals surface area contributed by atoms with Crippen molar-refractivity contribution in [3.63, 3.8) is 0 Å². The Morgan fingerprint density at radius 2 is 1.91 bits per heavy atom. The predicted octanol–water partition coefficient (Wildman–Crippen LogP) is 4.47. The molecule has 0 aliphatic rings. The number of hydrogen-bond acceptors (Lipinski definition) is 2. The lowest BCUT2D eigenvalue weighted by Gasteiger charge is -2.14. The SMILES string of the molecule is CCc1nc2cc(F)c(C)cc2c(=O)n1-c1ccc(Br)c(C)c1. The Balaban J connectivity index is 2.39. The third kappa shape index (κ3) is 2.70. The average Bonchev–Trinajstić information content (AvgIpc) is 2.52. The monoisotopic (exact) mass is 374 g/mol. The lowest BCUT2D eigenvalue weighted by atomic mass is 10.1. The summed E-state index contributed by atoms with van der Waals surface area (Å²) in [6, 6.07) is 8.64. The number of aryl methyl sites for hydroxylation is 3. The molecule has 2 aromatic carbocycles. The topological polar surface area (TPSA) is 34.9 Å². The van der Waals surface area contributed by atoms with Gasteiger partial charge in [0.05, 0.1) is 16.6 Å². The summed E-state index contributed by atoms with van der Waals surface area (Å²) < 4.78 is 16.4. The van der Waals surface area contributed by atoms with Gasteiger partial charge in [-0.25, -0.2) is 9.37 Å². The van der Waals surface area contributed by atoms with Crippen molar-refractivity contribution in [1.29, 1.82) is 0 Å². The molecule has 0 spiro atoms. The summed E-state index contributed by atoms with van der Waals surface area (Å²) in [4.78, 5) is 17.5. The zero-order valence-electron chi connectivity index (χ0n) is 13.2. The van der Waals surface area contributed by atoms with Gasteiger partial charge in [-0.2, -0.15) is 0 Å². The molecule has 3 nitrogen and oxygen atoms in total. The second-order valence-electron chi connectivity index (χ2n) is 5.57. The molecule has 0 amide bonds. The Bertz CT molecular complexity index is 979. The van der Waals surface area contributed by atoms with E-state index in [1.165, 1.54) is 6.07 Å². The van der Waals surface area contributed by atoms with E-state index in [0.717, 1.165) is 15.7 Å². The summed E-state index contributed by atoms with van der Waals surface area (Å²) in [6.07, 6.45) is 0.579. The van der Waals surface area contributed by atoms with E-state index < -0.39 is 0 Å². The molecule has 0 aliphatic carbocycles. The van der Waals surface area contributed by atoms with Gasteiger partial charge in [0, 0.05) is 17.0 Å². The number of halogens is 2. The number of benzene rings is 2. The molecule has 0 radical (unpaired) electrons. The van der Waals surface area contributed by atoms with Crippen molar-refractivity contribution < 1.29 is 4.39 Å². The van der Waals surface area contributed by atoms with Crippen LogP contribution in [0.2, 0.25) is 0 Å². The van der Waals surface area contributed by atoms with Crippen LogP contribution in [0.1, 0.15) is 23.9 Å². The number of rotatable bonds is 2. The number of aromatic nitrogens is 2. The fraction of sp³-hybridized carbons (Fsp3) is 0.222. The van der Waals surface area contributed by atoms with E-state index in [-0.39, 0.29) is 11.4 Å². The molecule has 1 aromatic heterocycles. The van der Waals surface area contributed by atoms with Crippen LogP contribution >= 0.6 is 15.9 Å². The average molecular weight is 375 g/mol. The Morgan fingerprint density at radius 1 is 1.17 bits per heavy atom. The van der Waals surface area contributed by atoms with Gasteiger partial charge in [0.1, 0.15) is 11.6 Å². The van der Waals surface area contributed by atoms with Gasteiger partial charge in [0.15, 0.2) is 0 Å². The first-order valence-corrected chi connectivity index (χ1v) is 8.20. The summed E-state index contributed by atoms with van der Waals surface area (Å²) >= 11 is 3.47. The maximum Gasteiger partial charge on any atom is 0.265 e. The molecule has 23 heavy (non-hydrogen) atoms. The van der Waals surface area contributed by atoms with E-state index in [4.69, 9.17) is 0 Å². The van der Waals surface area contributed by atoms with Crippen molar-refractivity contribution in [3.05, 3.63) is 67.9 Å². The van der Waals surface area contributed by atoms with Crippen molar-refractivity contribution in [2.45, 2.75) is 27.2 Å². The lowest BCUT2D eigenvalue weighted by molar-refractivity contribution is 0.620. The van der Waals surface area contributed by atoms with Gasteiger partial charge in [0.2, 0.25) is 0 Å². The van der Waals surface area contributed by atoms with Crippen molar-refractivity contribution >= 4 is 26.8 Å². The standard InChI is InChI=1S/C18H16BrFN2O/c1-4-17-21-16-9-15(20)11(3)8-13(16)18(23)22(17)12-5-6-14(19)10(2)7-12/h5-9H,4H2,1-3H3. The first kappa shape index (κ1) is 15.9. The van der Waals surface area contributed by atoms with Gasteiger partial charge in [-0.05, 0) is 49.2 Å². The summed E-state index contributed by atoms with van der Waals surface area (Å²) in [6.45, 7) is 5.55. The van der Waals surface area contributed by atoms with Gasteiger partial charge in [-0.3, -0.25) is 9.36 Å². The molecule has 0 saturated heterocycles. The van der Waals surface area contributed by atoms with Crippen LogP contribution in [0.5, 0.6) is 0 Å². The van der Waals surface area contributed by atoms with Gasteiger partial charge >= 0.3 is 0 Å². The van der Waals surface area contributed by atoms with Gasteiger partial charge in [0.25, 0.3) is 5.56 Å². The van der Waals surface area contributed by atoms with E-state index in [2.05, 4.69) is 20.9 Å². The minimum atomic E-state index is -0.344. The fourth-order valence-electron chi connectivity index (χ4n) is 2.63. The second kappa shape index (κ2) is 5.89. The van der Waals surface area contributed by atoms with Crippen LogP contribution in [0.15, 0.2) is 39.6 Å². The van der Waals surface area contributed by atoms with Crippen LogP contribution in [0.3, 0.4) is 0 Å². The van der Waals surface area contributed by atoms with Crippen LogP contribution in [0, 0.1) is 19.7 Å². The number of fused-ring (bicyclic) bond motifs is 1.